The van der Waals surface area contributed by atoms with Crippen LogP contribution in [0.3, 0.4) is 0 Å². The number of non-ortho nitro benzene ring substituents is 1. The first-order valence-electron chi connectivity index (χ1n) is 9.27. The first-order chi connectivity index (χ1) is 14.8. The molecular weight excluding hydrogens is 446 g/mol. The van der Waals surface area contributed by atoms with E-state index in [4.69, 9.17) is 9.15 Å². The normalized spacial score (nSPS) is 15.3. The van der Waals surface area contributed by atoms with Crippen molar-refractivity contribution < 1.29 is 22.5 Å². The van der Waals surface area contributed by atoms with Gasteiger partial charge in [-0.05, 0) is 30.8 Å². The highest BCUT2D eigenvalue weighted by atomic mass is 32.2. The Labute approximate surface area is 182 Å². The van der Waals surface area contributed by atoms with Crippen LogP contribution in [0.25, 0.3) is 11.4 Å². The van der Waals surface area contributed by atoms with Crippen LogP contribution in [-0.2, 0) is 21.8 Å². The van der Waals surface area contributed by atoms with Gasteiger partial charge in [0.15, 0.2) is 11.0 Å². The lowest BCUT2D eigenvalue weighted by atomic mass is 10.2. The third kappa shape index (κ3) is 4.08. The van der Waals surface area contributed by atoms with Crippen LogP contribution < -0.4 is 0 Å². The summed E-state index contributed by atoms with van der Waals surface area (Å²) in [4.78, 5) is 10.8. The Morgan fingerprint density at radius 2 is 1.94 bits per heavy atom. The van der Waals surface area contributed by atoms with Gasteiger partial charge in [0.25, 0.3) is 5.69 Å². The third-order valence-corrected chi connectivity index (χ3v) is 8.04. The quantitative estimate of drug-likeness (QED) is 0.397. The van der Waals surface area contributed by atoms with Crippen LogP contribution in [0.2, 0.25) is 0 Å². The van der Waals surface area contributed by atoms with E-state index in [-0.39, 0.29) is 36.9 Å². The molecule has 1 fully saturated rings. The number of aromatic nitrogens is 3. The van der Waals surface area contributed by atoms with E-state index >= 15 is 0 Å². The standard InChI is InChI=1S/C18H19N5O6S2/c1-12-14(5-8-29-12)17-19-20-18(21(17)2)30-15-4-3-13(23(24)25)11-16(15)31(26,27)22-6-9-28-10-7-22/h3-5,8,11H,6-7,9-10H2,1-2H3. The molecule has 2 aromatic heterocycles. The predicted octanol–water partition coefficient (Wildman–Crippen LogP) is 2.46. The number of nitro benzene ring substituents is 1. The van der Waals surface area contributed by atoms with Crippen molar-refractivity contribution in [3.63, 3.8) is 0 Å². The number of benzene rings is 1. The van der Waals surface area contributed by atoms with Gasteiger partial charge in [0.2, 0.25) is 10.0 Å². The molecule has 11 nitrogen and oxygen atoms in total. The molecule has 13 heteroatoms. The average molecular weight is 466 g/mol. The van der Waals surface area contributed by atoms with Crippen LogP contribution in [-0.4, -0.2) is 58.7 Å². The first kappa shape index (κ1) is 21.5. The molecule has 0 aliphatic carbocycles. The van der Waals surface area contributed by atoms with E-state index in [1.165, 1.54) is 16.4 Å². The number of aryl methyl sites for hydroxylation is 1. The maximum Gasteiger partial charge on any atom is 0.270 e. The van der Waals surface area contributed by atoms with E-state index < -0.39 is 14.9 Å². The molecule has 0 N–H and O–H groups in total. The summed E-state index contributed by atoms with van der Waals surface area (Å²) in [5.41, 5.74) is 0.468. The zero-order valence-corrected chi connectivity index (χ0v) is 18.4. The number of sulfonamides is 1. The molecule has 1 aromatic carbocycles. The van der Waals surface area contributed by atoms with Crippen molar-refractivity contribution >= 4 is 27.5 Å². The number of morpholine rings is 1. The molecule has 1 aliphatic rings. The molecule has 0 bridgehead atoms. The Hall–Kier alpha value is -2.74. The van der Waals surface area contributed by atoms with Crippen LogP contribution in [0.1, 0.15) is 5.76 Å². The van der Waals surface area contributed by atoms with Crippen molar-refractivity contribution in [1.82, 2.24) is 19.1 Å². The number of hydrogen-bond donors (Lipinski definition) is 0. The number of ether oxygens (including phenoxy) is 1. The fourth-order valence-corrected chi connectivity index (χ4v) is 5.91. The maximum absolute atomic E-state index is 13.3. The maximum atomic E-state index is 13.3. The fourth-order valence-electron chi connectivity index (χ4n) is 3.18. The molecule has 0 unspecified atom stereocenters. The fraction of sp³-hybridized carbons (Fsp3) is 0.333. The number of rotatable bonds is 6. The minimum Gasteiger partial charge on any atom is -0.469 e. The molecule has 31 heavy (non-hydrogen) atoms. The van der Waals surface area contributed by atoms with Gasteiger partial charge in [0.1, 0.15) is 10.7 Å². The molecule has 0 saturated carbocycles. The smallest absolute Gasteiger partial charge is 0.270 e. The second kappa shape index (κ2) is 8.42. The van der Waals surface area contributed by atoms with Gasteiger partial charge in [-0.3, -0.25) is 10.1 Å². The van der Waals surface area contributed by atoms with Crippen molar-refractivity contribution in [1.29, 1.82) is 0 Å². The topological polar surface area (TPSA) is 134 Å². The summed E-state index contributed by atoms with van der Waals surface area (Å²) in [7, 11) is -2.21. The average Bonchev–Trinajstić information content (AvgIpc) is 3.34. The van der Waals surface area contributed by atoms with Gasteiger partial charge in [0.05, 0.1) is 30.0 Å². The minimum absolute atomic E-state index is 0.141. The molecule has 4 rings (SSSR count). The summed E-state index contributed by atoms with van der Waals surface area (Å²) in [6.07, 6.45) is 1.55. The summed E-state index contributed by atoms with van der Waals surface area (Å²) in [5.74, 6) is 1.24. The van der Waals surface area contributed by atoms with Crippen molar-refractivity contribution in [2.75, 3.05) is 26.3 Å². The number of nitro groups is 1. The predicted molar refractivity (Wildman–Crippen MR) is 110 cm³/mol. The van der Waals surface area contributed by atoms with Gasteiger partial charge in [-0.25, -0.2) is 8.42 Å². The summed E-state index contributed by atoms with van der Waals surface area (Å²) in [5, 5.41) is 20.1. The minimum atomic E-state index is -3.97. The van der Waals surface area contributed by atoms with Gasteiger partial charge >= 0.3 is 0 Å². The lowest BCUT2D eigenvalue weighted by Gasteiger charge is -2.26. The molecule has 3 heterocycles. The molecular formula is C18H19N5O6S2. The zero-order chi connectivity index (χ0) is 22.2. The highest BCUT2D eigenvalue weighted by molar-refractivity contribution is 8.00. The number of furan rings is 1. The second-order valence-electron chi connectivity index (χ2n) is 6.76. The lowest BCUT2D eigenvalue weighted by molar-refractivity contribution is -0.385. The molecule has 1 aliphatic heterocycles. The highest BCUT2D eigenvalue weighted by Gasteiger charge is 2.31. The van der Waals surface area contributed by atoms with Crippen LogP contribution in [0.5, 0.6) is 0 Å². The Kier molecular flexibility index (Phi) is 5.83. The Bertz CT molecular complexity index is 1230. The van der Waals surface area contributed by atoms with E-state index in [2.05, 4.69) is 10.2 Å². The molecule has 0 radical (unpaired) electrons. The zero-order valence-electron chi connectivity index (χ0n) is 16.7. The summed E-state index contributed by atoms with van der Waals surface area (Å²) in [6.45, 7) is 2.72. The molecule has 0 amide bonds. The second-order valence-corrected chi connectivity index (χ2v) is 9.68. The van der Waals surface area contributed by atoms with Crippen LogP contribution >= 0.6 is 11.8 Å². The lowest BCUT2D eigenvalue weighted by Crippen LogP contribution is -2.40. The van der Waals surface area contributed by atoms with Gasteiger partial charge in [-0.1, -0.05) is 0 Å². The molecule has 0 atom stereocenters. The van der Waals surface area contributed by atoms with Crippen LogP contribution in [0.4, 0.5) is 5.69 Å². The van der Waals surface area contributed by atoms with Gasteiger partial charge in [-0.15, -0.1) is 10.2 Å². The number of hydrogen-bond acceptors (Lipinski definition) is 9. The summed E-state index contributed by atoms with van der Waals surface area (Å²) >= 11 is 1.08. The van der Waals surface area contributed by atoms with Gasteiger partial charge in [0, 0.05) is 37.2 Å². The Morgan fingerprint density at radius 3 is 2.58 bits per heavy atom. The molecule has 3 aromatic rings. The first-order valence-corrected chi connectivity index (χ1v) is 11.5. The molecule has 0 spiro atoms. The third-order valence-electron chi connectivity index (χ3n) is 4.86. The summed E-state index contributed by atoms with van der Waals surface area (Å²) < 4.78 is 40.1. The number of nitrogens with zero attached hydrogens (tertiary/aromatic N) is 5. The van der Waals surface area contributed by atoms with Gasteiger partial charge < -0.3 is 13.7 Å². The highest BCUT2D eigenvalue weighted by Crippen LogP contribution is 2.37. The summed E-state index contributed by atoms with van der Waals surface area (Å²) in [6, 6.07) is 5.56. The van der Waals surface area contributed by atoms with E-state index in [1.807, 2.05) is 0 Å². The van der Waals surface area contributed by atoms with Crippen molar-refractivity contribution in [3.8, 4) is 11.4 Å². The largest absolute Gasteiger partial charge is 0.469 e. The van der Waals surface area contributed by atoms with E-state index in [0.29, 0.717) is 21.6 Å². The van der Waals surface area contributed by atoms with Crippen molar-refractivity contribution in [2.24, 2.45) is 7.05 Å². The van der Waals surface area contributed by atoms with Crippen molar-refractivity contribution in [3.05, 3.63) is 46.4 Å². The molecule has 1 saturated heterocycles. The van der Waals surface area contributed by atoms with E-state index in [9.17, 15) is 18.5 Å². The Balaban J connectivity index is 1.75. The monoisotopic (exact) mass is 465 g/mol. The Morgan fingerprint density at radius 1 is 1.19 bits per heavy atom. The van der Waals surface area contributed by atoms with Crippen LogP contribution in [0, 0.1) is 17.0 Å². The van der Waals surface area contributed by atoms with Gasteiger partial charge in [-0.2, -0.15) is 4.31 Å². The van der Waals surface area contributed by atoms with E-state index in [1.54, 1.807) is 30.9 Å². The van der Waals surface area contributed by atoms with Crippen molar-refractivity contribution in [2.45, 2.75) is 21.9 Å². The molecule has 164 valence electrons. The SMILES string of the molecule is Cc1occc1-c1nnc(Sc2ccc([N+](=O)[O-])cc2S(=O)(=O)N2CCOCC2)n1C. The van der Waals surface area contributed by atoms with Crippen LogP contribution in [0.15, 0.2) is 49.9 Å². The van der Waals surface area contributed by atoms with E-state index in [0.717, 1.165) is 23.4 Å².